The molecule has 0 radical (unpaired) electrons. The minimum atomic E-state index is -0.536. The van der Waals surface area contributed by atoms with E-state index in [-0.39, 0.29) is 12.1 Å². The van der Waals surface area contributed by atoms with Gasteiger partial charge in [-0.1, -0.05) is 0 Å². The van der Waals surface area contributed by atoms with Gasteiger partial charge >= 0.3 is 5.97 Å². The maximum Gasteiger partial charge on any atom is 0.326 e. The fourth-order valence-corrected chi connectivity index (χ4v) is 2.85. The molecule has 0 saturated heterocycles. The summed E-state index contributed by atoms with van der Waals surface area (Å²) >= 11 is 0. The number of methoxy groups -OCH3 is 2. The number of esters is 1. The second-order valence-electron chi connectivity index (χ2n) is 5.57. The van der Waals surface area contributed by atoms with Crippen molar-refractivity contribution in [1.29, 1.82) is 0 Å². The number of carbonyl (C=O) groups excluding carboxylic acids is 1. The normalized spacial score (nSPS) is 31.2. The molecule has 2 saturated carbocycles. The van der Waals surface area contributed by atoms with Gasteiger partial charge in [0.05, 0.1) is 26.4 Å². The van der Waals surface area contributed by atoms with Gasteiger partial charge in [-0.25, -0.2) is 0 Å². The van der Waals surface area contributed by atoms with E-state index in [1.807, 2.05) is 0 Å². The molecule has 0 spiro atoms. The van der Waals surface area contributed by atoms with Crippen molar-refractivity contribution in [1.82, 2.24) is 5.32 Å². The lowest BCUT2D eigenvalue weighted by Crippen LogP contribution is -2.57. The summed E-state index contributed by atoms with van der Waals surface area (Å²) in [7, 11) is 3.13. The summed E-state index contributed by atoms with van der Waals surface area (Å²) in [6.45, 7) is 1.18. The highest BCUT2D eigenvalue weighted by Crippen LogP contribution is 2.34. The van der Waals surface area contributed by atoms with Gasteiger partial charge in [-0.05, 0) is 32.1 Å². The van der Waals surface area contributed by atoms with Gasteiger partial charge in [0.15, 0.2) is 0 Å². The van der Waals surface area contributed by atoms with Crippen LogP contribution in [-0.4, -0.2) is 51.1 Å². The maximum atomic E-state index is 12.2. The lowest BCUT2D eigenvalue weighted by atomic mass is 9.79. The zero-order chi connectivity index (χ0) is 13.7. The number of hydrogen-bond donors (Lipinski definition) is 1. The molecule has 0 heterocycles. The molecule has 0 aliphatic heterocycles. The average Bonchev–Trinajstić information content (AvgIpc) is 3.22. The Morgan fingerprint density at radius 1 is 1.26 bits per heavy atom. The summed E-state index contributed by atoms with van der Waals surface area (Å²) in [4.78, 5) is 12.2. The van der Waals surface area contributed by atoms with E-state index in [9.17, 15) is 4.79 Å². The van der Waals surface area contributed by atoms with E-state index in [4.69, 9.17) is 14.2 Å². The predicted octanol–water partition coefficient (Wildman–Crippen LogP) is 1.26. The zero-order valence-electron chi connectivity index (χ0n) is 11.9. The summed E-state index contributed by atoms with van der Waals surface area (Å²) in [5, 5.41) is 3.49. The second kappa shape index (κ2) is 6.68. The van der Waals surface area contributed by atoms with Gasteiger partial charge in [0.2, 0.25) is 0 Å². The minimum absolute atomic E-state index is 0.120. The number of hydrogen-bond acceptors (Lipinski definition) is 5. The van der Waals surface area contributed by atoms with E-state index in [1.54, 1.807) is 7.11 Å². The molecule has 0 aromatic heterocycles. The molecule has 0 aromatic rings. The van der Waals surface area contributed by atoms with Crippen LogP contribution in [0, 0.1) is 0 Å². The van der Waals surface area contributed by atoms with Crippen molar-refractivity contribution in [3.63, 3.8) is 0 Å². The maximum absolute atomic E-state index is 12.2. The van der Waals surface area contributed by atoms with Gasteiger partial charge < -0.3 is 14.2 Å². The van der Waals surface area contributed by atoms with Crippen molar-refractivity contribution >= 4 is 5.97 Å². The molecular weight excluding hydrogens is 246 g/mol. The highest BCUT2D eigenvalue weighted by Gasteiger charge is 2.46. The lowest BCUT2D eigenvalue weighted by molar-refractivity contribution is -0.153. The summed E-state index contributed by atoms with van der Waals surface area (Å²) in [5.41, 5.74) is -0.536. The molecule has 0 bridgehead atoms. The summed E-state index contributed by atoms with van der Waals surface area (Å²) in [5.74, 6) is -0.139. The average molecular weight is 271 g/mol. The van der Waals surface area contributed by atoms with E-state index in [1.165, 1.54) is 7.11 Å². The Labute approximate surface area is 115 Å². The van der Waals surface area contributed by atoms with Crippen molar-refractivity contribution in [3.05, 3.63) is 0 Å². The van der Waals surface area contributed by atoms with E-state index in [2.05, 4.69) is 5.32 Å². The van der Waals surface area contributed by atoms with Crippen molar-refractivity contribution in [2.45, 2.75) is 56.2 Å². The van der Waals surface area contributed by atoms with Crippen LogP contribution in [0.1, 0.15) is 38.5 Å². The molecule has 2 aliphatic rings. The van der Waals surface area contributed by atoms with Crippen LogP contribution in [0.5, 0.6) is 0 Å². The first-order valence-corrected chi connectivity index (χ1v) is 7.17. The Morgan fingerprint density at radius 2 is 2.05 bits per heavy atom. The molecule has 110 valence electrons. The molecule has 2 atom stereocenters. The summed E-state index contributed by atoms with van der Waals surface area (Å²) in [6, 6.07) is 0.483. The number of ether oxygens (including phenoxy) is 3. The largest absolute Gasteiger partial charge is 0.468 e. The molecule has 5 heteroatoms. The highest BCUT2D eigenvalue weighted by molar-refractivity contribution is 5.81. The Balaban J connectivity index is 1.94. The van der Waals surface area contributed by atoms with Crippen LogP contribution in [0.15, 0.2) is 0 Å². The number of nitrogens with one attached hydrogen (secondary N) is 1. The van der Waals surface area contributed by atoms with Gasteiger partial charge in [0.1, 0.15) is 5.54 Å². The third kappa shape index (κ3) is 3.91. The Morgan fingerprint density at radius 3 is 2.68 bits per heavy atom. The fraction of sp³-hybridized carbons (Fsp3) is 0.929. The van der Waals surface area contributed by atoms with Crippen molar-refractivity contribution in [2.75, 3.05) is 27.4 Å². The Bertz CT molecular complexity index is 306. The van der Waals surface area contributed by atoms with Crippen molar-refractivity contribution < 1.29 is 19.0 Å². The molecule has 5 nitrogen and oxygen atoms in total. The van der Waals surface area contributed by atoms with Crippen LogP contribution in [-0.2, 0) is 19.0 Å². The summed E-state index contributed by atoms with van der Waals surface area (Å²) in [6.07, 6.45) is 6.00. The SMILES string of the molecule is COCCOC1CCCC(NC2CC2)(C(=O)OC)C1. The van der Waals surface area contributed by atoms with Crippen LogP contribution >= 0.6 is 0 Å². The molecule has 2 aliphatic carbocycles. The van der Waals surface area contributed by atoms with Gasteiger partial charge in [-0.2, -0.15) is 0 Å². The number of carbonyl (C=O) groups is 1. The standard InChI is InChI=1S/C14H25NO4/c1-17-8-9-19-12-4-3-7-14(10-12,13(16)18-2)15-11-5-6-11/h11-12,15H,3-10H2,1-2H3. The molecule has 2 rings (SSSR count). The third-order valence-corrected chi connectivity index (χ3v) is 3.98. The van der Waals surface area contributed by atoms with Gasteiger partial charge in [0, 0.05) is 19.6 Å². The molecule has 2 unspecified atom stereocenters. The first-order valence-electron chi connectivity index (χ1n) is 7.17. The fourth-order valence-electron chi connectivity index (χ4n) is 2.85. The zero-order valence-corrected chi connectivity index (χ0v) is 11.9. The summed E-state index contributed by atoms with van der Waals surface area (Å²) < 4.78 is 15.8. The van der Waals surface area contributed by atoms with Crippen LogP contribution in [0.4, 0.5) is 0 Å². The number of rotatable bonds is 7. The molecule has 2 fully saturated rings. The second-order valence-corrected chi connectivity index (χ2v) is 5.57. The Hall–Kier alpha value is -0.650. The smallest absolute Gasteiger partial charge is 0.326 e. The van der Waals surface area contributed by atoms with Gasteiger partial charge in [-0.15, -0.1) is 0 Å². The predicted molar refractivity (Wildman–Crippen MR) is 71.0 cm³/mol. The van der Waals surface area contributed by atoms with Gasteiger partial charge in [-0.3, -0.25) is 10.1 Å². The van der Waals surface area contributed by atoms with E-state index in [0.29, 0.717) is 25.7 Å². The highest BCUT2D eigenvalue weighted by atomic mass is 16.5. The first-order chi connectivity index (χ1) is 9.20. The molecular formula is C14H25NO4. The van der Waals surface area contributed by atoms with Crippen LogP contribution < -0.4 is 5.32 Å². The van der Waals surface area contributed by atoms with Crippen LogP contribution in [0.25, 0.3) is 0 Å². The molecule has 1 N–H and O–H groups in total. The molecule has 19 heavy (non-hydrogen) atoms. The molecule has 0 amide bonds. The van der Waals surface area contributed by atoms with Crippen molar-refractivity contribution in [2.24, 2.45) is 0 Å². The lowest BCUT2D eigenvalue weighted by Gasteiger charge is -2.39. The van der Waals surface area contributed by atoms with E-state index < -0.39 is 5.54 Å². The molecule has 0 aromatic carbocycles. The van der Waals surface area contributed by atoms with Crippen molar-refractivity contribution in [3.8, 4) is 0 Å². The monoisotopic (exact) mass is 271 g/mol. The van der Waals surface area contributed by atoms with E-state index in [0.717, 1.165) is 32.1 Å². The van der Waals surface area contributed by atoms with Gasteiger partial charge in [0.25, 0.3) is 0 Å². The quantitative estimate of drug-likeness (QED) is 0.558. The Kier molecular flexibility index (Phi) is 5.19. The van der Waals surface area contributed by atoms with E-state index >= 15 is 0 Å². The van der Waals surface area contributed by atoms with Crippen LogP contribution in [0.2, 0.25) is 0 Å². The van der Waals surface area contributed by atoms with Crippen LogP contribution in [0.3, 0.4) is 0 Å². The topological polar surface area (TPSA) is 56.8 Å². The third-order valence-electron chi connectivity index (χ3n) is 3.98. The minimum Gasteiger partial charge on any atom is -0.468 e. The first kappa shape index (κ1) is 14.8.